The largest absolute Gasteiger partial charge is 0.506 e. The number of pyridine rings is 1. The minimum absolute atomic E-state index is 0.0116. The Balaban J connectivity index is 1.57. The second kappa shape index (κ2) is 10.2. The van der Waals surface area contributed by atoms with Crippen molar-refractivity contribution < 1.29 is 24.6 Å². The molecule has 1 aliphatic rings. The van der Waals surface area contributed by atoms with Gasteiger partial charge in [0.25, 0.3) is 17.4 Å². The molecule has 0 atom stereocenters. The topological polar surface area (TPSA) is 168 Å². The Morgan fingerprint density at radius 1 is 1.11 bits per heavy atom. The molecule has 1 aromatic carbocycles. The zero-order valence-electron chi connectivity index (χ0n) is 19.7. The minimum atomic E-state index is -1.30. The summed E-state index contributed by atoms with van der Waals surface area (Å²) in [7, 11) is 0. The first-order valence-corrected chi connectivity index (χ1v) is 12.3. The quantitative estimate of drug-likeness (QED) is 0.319. The number of carboxylic acid groups (broad SMARTS) is 1. The lowest BCUT2D eigenvalue weighted by Gasteiger charge is -2.16. The Kier molecular flexibility index (Phi) is 6.66. The zero-order valence-corrected chi connectivity index (χ0v) is 20.5. The Labute approximate surface area is 218 Å². The van der Waals surface area contributed by atoms with Crippen molar-refractivity contribution in [3.05, 3.63) is 92.3 Å². The first-order chi connectivity index (χ1) is 18.3. The van der Waals surface area contributed by atoms with Crippen LogP contribution >= 0.6 is 11.3 Å². The van der Waals surface area contributed by atoms with Gasteiger partial charge in [0.2, 0.25) is 0 Å². The summed E-state index contributed by atoms with van der Waals surface area (Å²) in [6, 6.07) is 7.32. The summed E-state index contributed by atoms with van der Waals surface area (Å²) < 4.78 is 1.33. The van der Waals surface area contributed by atoms with Gasteiger partial charge in [-0.15, -0.1) is 11.3 Å². The van der Waals surface area contributed by atoms with E-state index in [1.54, 1.807) is 23.8 Å². The van der Waals surface area contributed by atoms with Crippen molar-refractivity contribution in [2.24, 2.45) is 0 Å². The summed E-state index contributed by atoms with van der Waals surface area (Å²) in [5, 5.41) is 23.6. The van der Waals surface area contributed by atoms with E-state index >= 15 is 0 Å². The average molecular weight is 533 g/mol. The third kappa shape index (κ3) is 4.74. The van der Waals surface area contributed by atoms with E-state index in [4.69, 9.17) is 5.11 Å². The van der Waals surface area contributed by atoms with Crippen LogP contribution in [0.15, 0.2) is 58.7 Å². The van der Waals surface area contributed by atoms with Gasteiger partial charge in [0.05, 0.1) is 25.1 Å². The molecular formula is C25H20N6O6S. The molecule has 3 aromatic heterocycles. The number of nitrogens with one attached hydrogen (secondary N) is 1. The van der Waals surface area contributed by atoms with Crippen molar-refractivity contribution >= 4 is 29.1 Å². The maximum Gasteiger partial charge on any atom is 0.322 e. The number of rotatable bonds is 7. The Bertz CT molecular complexity index is 1600. The van der Waals surface area contributed by atoms with Gasteiger partial charge in [0, 0.05) is 34.6 Å². The number of carboxylic acids is 1. The number of hydrogen-bond acceptors (Lipinski definition) is 9. The Morgan fingerprint density at radius 3 is 2.61 bits per heavy atom. The van der Waals surface area contributed by atoms with Gasteiger partial charge in [-0.3, -0.25) is 19.2 Å². The molecule has 192 valence electrons. The average Bonchev–Trinajstić information content (AvgIpc) is 3.61. The Hall–Kier alpha value is -4.91. The molecule has 1 aliphatic heterocycles. The van der Waals surface area contributed by atoms with E-state index in [2.05, 4.69) is 20.3 Å². The number of aromatic hydroxyl groups is 1. The fraction of sp³-hybridized carbons (Fsp3) is 0.160. The van der Waals surface area contributed by atoms with Gasteiger partial charge in [-0.25, -0.2) is 15.0 Å². The number of hydrogen-bond donors (Lipinski definition) is 3. The van der Waals surface area contributed by atoms with Crippen LogP contribution in [0, 0.1) is 0 Å². The van der Waals surface area contributed by atoms with Gasteiger partial charge in [-0.05, 0) is 17.2 Å². The van der Waals surface area contributed by atoms with Crippen LogP contribution in [0.2, 0.25) is 0 Å². The van der Waals surface area contributed by atoms with Gasteiger partial charge in [0.15, 0.2) is 0 Å². The summed E-state index contributed by atoms with van der Waals surface area (Å²) >= 11 is 1.26. The second-order valence-corrected chi connectivity index (χ2v) is 9.20. The number of benzene rings is 1. The standard InChI is InChI=1S/C25H20N6O6S/c32-20(33)7-28-23(35)21-22(34)17-9-30(24(36)18-11-38-13-29-18)10-19(17)31(25(21)37)8-14-2-1-3-15(4-14)16-5-26-12-27-6-16/h1-6,11-13,34H,7-10H2,(H,28,35)(H,32,33). The van der Waals surface area contributed by atoms with Crippen LogP contribution < -0.4 is 10.9 Å². The molecule has 12 nitrogen and oxygen atoms in total. The highest BCUT2D eigenvalue weighted by atomic mass is 32.1. The van der Waals surface area contributed by atoms with Gasteiger partial charge in [-0.1, -0.05) is 18.2 Å². The van der Waals surface area contributed by atoms with E-state index in [1.807, 2.05) is 18.2 Å². The predicted molar refractivity (Wildman–Crippen MR) is 135 cm³/mol. The highest BCUT2D eigenvalue weighted by molar-refractivity contribution is 7.07. The molecular weight excluding hydrogens is 512 g/mol. The fourth-order valence-corrected chi connectivity index (χ4v) is 4.83. The molecule has 0 radical (unpaired) electrons. The normalized spacial score (nSPS) is 12.3. The van der Waals surface area contributed by atoms with Crippen molar-refractivity contribution in [1.82, 2.24) is 29.7 Å². The molecule has 5 rings (SSSR count). The first kappa shape index (κ1) is 24.8. The van der Waals surface area contributed by atoms with Crippen LogP contribution in [0.25, 0.3) is 11.1 Å². The summed E-state index contributed by atoms with van der Waals surface area (Å²) in [5.74, 6) is -3.29. The molecule has 0 spiro atoms. The molecule has 4 aromatic rings. The zero-order chi connectivity index (χ0) is 26.8. The smallest absolute Gasteiger partial charge is 0.322 e. The van der Waals surface area contributed by atoms with Crippen LogP contribution in [-0.2, 0) is 24.4 Å². The van der Waals surface area contributed by atoms with Crippen LogP contribution in [0.3, 0.4) is 0 Å². The molecule has 0 aliphatic carbocycles. The van der Waals surface area contributed by atoms with E-state index in [-0.39, 0.29) is 36.8 Å². The monoisotopic (exact) mass is 532 g/mol. The number of carbonyl (C=O) groups is 3. The first-order valence-electron chi connectivity index (χ1n) is 11.3. The second-order valence-electron chi connectivity index (χ2n) is 8.48. The van der Waals surface area contributed by atoms with Gasteiger partial charge in [-0.2, -0.15) is 0 Å². The molecule has 0 fully saturated rings. The van der Waals surface area contributed by atoms with Crippen molar-refractivity contribution in [1.29, 1.82) is 0 Å². The molecule has 3 N–H and O–H groups in total. The molecule has 0 bridgehead atoms. The Morgan fingerprint density at radius 2 is 1.89 bits per heavy atom. The molecule has 38 heavy (non-hydrogen) atoms. The summed E-state index contributed by atoms with van der Waals surface area (Å²) in [4.78, 5) is 63.8. The molecule has 4 heterocycles. The van der Waals surface area contributed by atoms with Crippen molar-refractivity contribution in [2.75, 3.05) is 6.54 Å². The number of carbonyl (C=O) groups excluding carboxylic acids is 2. The van der Waals surface area contributed by atoms with E-state index in [1.165, 1.54) is 32.6 Å². The van der Waals surface area contributed by atoms with E-state index < -0.39 is 35.3 Å². The number of aliphatic carboxylic acids is 1. The molecule has 2 amide bonds. The van der Waals surface area contributed by atoms with E-state index in [0.717, 1.165) is 11.1 Å². The van der Waals surface area contributed by atoms with E-state index in [0.29, 0.717) is 11.3 Å². The van der Waals surface area contributed by atoms with Crippen LogP contribution in [0.5, 0.6) is 5.75 Å². The van der Waals surface area contributed by atoms with Crippen LogP contribution in [0.4, 0.5) is 0 Å². The van der Waals surface area contributed by atoms with Crippen molar-refractivity contribution in [2.45, 2.75) is 19.6 Å². The minimum Gasteiger partial charge on any atom is -0.506 e. The summed E-state index contributed by atoms with van der Waals surface area (Å²) in [6.45, 7) is -0.749. The lowest BCUT2D eigenvalue weighted by atomic mass is 10.0. The van der Waals surface area contributed by atoms with Gasteiger partial charge in [0.1, 0.15) is 29.9 Å². The highest BCUT2D eigenvalue weighted by Crippen LogP contribution is 2.33. The van der Waals surface area contributed by atoms with Crippen LogP contribution in [0.1, 0.15) is 37.7 Å². The number of amides is 2. The maximum absolute atomic E-state index is 13.6. The van der Waals surface area contributed by atoms with E-state index in [9.17, 15) is 24.3 Å². The maximum atomic E-state index is 13.6. The van der Waals surface area contributed by atoms with Crippen molar-refractivity contribution in [3.63, 3.8) is 0 Å². The lowest BCUT2D eigenvalue weighted by Crippen LogP contribution is -2.37. The third-order valence-corrected chi connectivity index (χ3v) is 6.66. The highest BCUT2D eigenvalue weighted by Gasteiger charge is 2.34. The third-order valence-electron chi connectivity index (χ3n) is 6.07. The molecule has 0 unspecified atom stereocenters. The predicted octanol–water partition coefficient (Wildman–Crippen LogP) is 1.49. The fourth-order valence-electron chi connectivity index (χ4n) is 4.30. The molecule has 0 saturated heterocycles. The molecule has 0 saturated carbocycles. The number of thiazole rings is 1. The van der Waals surface area contributed by atoms with Crippen molar-refractivity contribution in [3.8, 4) is 16.9 Å². The molecule has 13 heteroatoms. The number of fused-ring (bicyclic) bond motifs is 1. The number of aromatic nitrogens is 4. The lowest BCUT2D eigenvalue weighted by molar-refractivity contribution is -0.135. The summed E-state index contributed by atoms with van der Waals surface area (Å²) in [6.07, 6.45) is 4.73. The van der Waals surface area contributed by atoms with Gasteiger partial charge >= 0.3 is 5.97 Å². The number of nitrogens with zero attached hydrogens (tertiary/aromatic N) is 5. The van der Waals surface area contributed by atoms with Gasteiger partial charge < -0.3 is 25.0 Å². The van der Waals surface area contributed by atoms with Crippen LogP contribution in [-0.4, -0.2) is 59.0 Å². The summed E-state index contributed by atoms with van der Waals surface area (Å²) in [5.41, 5.74) is 3.27. The SMILES string of the molecule is O=C(O)CNC(=O)c1c(O)c2c(n(Cc3cccc(-c4cncnc4)c3)c1=O)CN(C(=O)c1cscn1)C2.